The zero-order chi connectivity index (χ0) is 28.7. The van der Waals surface area contributed by atoms with E-state index in [4.69, 9.17) is 16.5 Å². The Labute approximate surface area is 240 Å². The maximum Gasteiger partial charge on any atom is 0.416 e. The minimum Gasteiger partial charge on any atom is -0.382 e. The molecule has 0 aliphatic carbocycles. The number of alkyl halides is 3. The highest BCUT2D eigenvalue weighted by Gasteiger charge is 2.31. The van der Waals surface area contributed by atoms with Crippen LogP contribution in [0.5, 0.6) is 0 Å². The van der Waals surface area contributed by atoms with Crippen LogP contribution in [0.3, 0.4) is 0 Å². The van der Waals surface area contributed by atoms with Crippen molar-refractivity contribution in [3.8, 4) is 0 Å². The maximum absolute atomic E-state index is 13.2. The molecule has 0 saturated carbocycles. The summed E-state index contributed by atoms with van der Waals surface area (Å²) in [6.45, 7) is 0. The highest BCUT2D eigenvalue weighted by atomic mass is 79.9. The number of nitrogens with one attached hydrogen (secondary N) is 2. The van der Waals surface area contributed by atoms with Crippen LogP contribution in [0.1, 0.15) is 29.2 Å². The van der Waals surface area contributed by atoms with Gasteiger partial charge >= 0.3 is 6.18 Å². The molecule has 6 rings (SSSR count). The van der Waals surface area contributed by atoms with E-state index in [1.54, 1.807) is 6.07 Å². The molecule has 0 amide bonds. The number of aliphatic imine (C=N–C) groups is 1. The van der Waals surface area contributed by atoms with Crippen molar-refractivity contribution in [2.75, 3.05) is 22.1 Å². The van der Waals surface area contributed by atoms with Gasteiger partial charge in [-0.2, -0.15) is 23.1 Å². The van der Waals surface area contributed by atoms with Crippen LogP contribution in [-0.4, -0.2) is 20.7 Å². The van der Waals surface area contributed by atoms with Gasteiger partial charge in [-0.25, -0.2) is 4.99 Å². The first-order valence-electron chi connectivity index (χ1n) is 12.5. The quantitative estimate of drug-likeness (QED) is 0.165. The number of hydrogen-bond donors (Lipinski definition) is 4. The number of anilines is 5. The van der Waals surface area contributed by atoms with Crippen molar-refractivity contribution in [1.29, 1.82) is 0 Å². The van der Waals surface area contributed by atoms with Crippen LogP contribution in [0.2, 0.25) is 0 Å². The molecule has 2 aromatic heterocycles. The Hall–Kier alpha value is -4.71. The molecule has 0 radical (unpaired) electrons. The number of nitrogens with zero attached hydrogens (tertiary/aromatic N) is 4. The monoisotopic (exact) mass is 618 g/mol. The van der Waals surface area contributed by atoms with E-state index in [0.29, 0.717) is 29.0 Å². The normalized spacial score (nSPS) is 15.0. The fraction of sp³-hybridized carbons (Fsp3) is 0.103. The fourth-order valence-electron chi connectivity index (χ4n) is 4.74. The smallest absolute Gasteiger partial charge is 0.382 e. The Bertz CT molecular complexity index is 1810. The van der Waals surface area contributed by atoms with Crippen LogP contribution >= 0.6 is 15.9 Å². The molecule has 0 spiro atoms. The second-order valence-corrected chi connectivity index (χ2v) is 10.4. The van der Waals surface area contributed by atoms with Crippen molar-refractivity contribution in [2.24, 2.45) is 4.99 Å². The molecular weight excluding hydrogens is 597 g/mol. The van der Waals surface area contributed by atoms with Crippen LogP contribution in [0.15, 0.2) is 88.5 Å². The molecule has 1 aliphatic heterocycles. The zero-order valence-electron chi connectivity index (χ0n) is 21.2. The van der Waals surface area contributed by atoms with Crippen LogP contribution in [-0.2, 0) is 6.18 Å². The summed E-state index contributed by atoms with van der Waals surface area (Å²) in [4.78, 5) is 17.4. The van der Waals surface area contributed by atoms with Gasteiger partial charge in [-0.05, 0) is 53.6 Å². The van der Waals surface area contributed by atoms with E-state index < -0.39 is 11.7 Å². The average Bonchev–Trinajstić information content (AvgIpc) is 3.13. The van der Waals surface area contributed by atoms with Gasteiger partial charge in [-0.15, -0.1) is 0 Å². The zero-order valence-corrected chi connectivity index (χ0v) is 22.8. The molecule has 1 unspecified atom stereocenters. The Balaban J connectivity index is 1.36. The molecule has 206 valence electrons. The Morgan fingerprint density at radius 1 is 0.951 bits per heavy atom. The molecule has 8 nitrogen and oxygen atoms in total. The third kappa shape index (κ3) is 5.50. The first-order chi connectivity index (χ1) is 19.6. The van der Waals surface area contributed by atoms with Crippen LogP contribution in [0.4, 0.5) is 47.8 Å². The second kappa shape index (κ2) is 10.4. The number of aromatic nitrogens is 3. The number of pyridine rings is 1. The van der Waals surface area contributed by atoms with Gasteiger partial charge in [-0.1, -0.05) is 46.3 Å². The molecule has 5 aromatic rings. The highest BCUT2D eigenvalue weighted by Crippen LogP contribution is 2.39. The summed E-state index contributed by atoms with van der Waals surface area (Å²) >= 11 is 3.47. The SMILES string of the molecule is Nc1nc(N)c2c(n1)NC(c1cccc(Nc3ccnc4cc(C(F)(F)F)ccc34)c1)CC(c1ccc(Br)cc1)=N2. The van der Waals surface area contributed by atoms with E-state index in [-0.39, 0.29) is 23.3 Å². The largest absolute Gasteiger partial charge is 0.416 e. The third-order valence-electron chi connectivity index (χ3n) is 6.70. The van der Waals surface area contributed by atoms with E-state index in [1.165, 1.54) is 12.3 Å². The summed E-state index contributed by atoms with van der Waals surface area (Å²) in [7, 11) is 0. The lowest BCUT2D eigenvalue weighted by molar-refractivity contribution is -0.137. The average molecular weight is 619 g/mol. The van der Waals surface area contributed by atoms with Gasteiger partial charge < -0.3 is 22.1 Å². The third-order valence-corrected chi connectivity index (χ3v) is 7.23. The van der Waals surface area contributed by atoms with Crippen molar-refractivity contribution in [3.63, 3.8) is 0 Å². The van der Waals surface area contributed by atoms with E-state index in [2.05, 4.69) is 41.5 Å². The van der Waals surface area contributed by atoms with Gasteiger partial charge in [0.1, 0.15) is 5.69 Å². The Morgan fingerprint density at radius 2 is 1.76 bits per heavy atom. The van der Waals surface area contributed by atoms with Gasteiger partial charge in [0.05, 0.1) is 22.8 Å². The summed E-state index contributed by atoms with van der Waals surface area (Å²) < 4.78 is 40.6. The summed E-state index contributed by atoms with van der Waals surface area (Å²) in [6.07, 6.45) is -2.47. The molecule has 6 N–H and O–H groups in total. The first-order valence-corrected chi connectivity index (χ1v) is 13.3. The maximum atomic E-state index is 13.2. The number of fused-ring (bicyclic) bond motifs is 2. The van der Waals surface area contributed by atoms with Gasteiger partial charge in [0.15, 0.2) is 11.6 Å². The minimum atomic E-state index is -4.45. The summed E-state index contributed by atoms with van der Waals surface area (Å²) in [5.74, 6) is 0.624. The van der Waals surface area contributed by atoms with Crippen LogP contribution in [0.25, 0.3) is 10.9 Å². The standard InChI is InChI=1S/C29H22BrF3N8/c30-18-7-4-15(5-8-18)22-14-23(39-27-25(38-22)26(34)40-28(35)41-27)16-2-1-3-19(12-16)37-21-10-11-36-24-13-17(29(31,32)33)6-9-20(21)24/h1-13,23H,14H2,(H,36,37)(H5,34,35,39,40,41). The van der Waals surface area contributed by atoms with Crippen molar-refractivity contribution in [3.05, 3.63) is 100 Å². The molecule has 1 aliphatic rings. The number of hydrogen-bond acceptors (Lipinski definition) is 8. The van der Waals surface area contributed by atoms with Gasteiger partial charge in [-0.3, -0.25) is 4.98 Å². The first kappa shape index (κ1) is 26.5. The minimum absolute atomic E-state index is 0.0310. The molecule has 0 bridgehead atoms. The van der Waals surface area contributed by atoms with Crippen molar-refractivity contribution >= 4 is 67.2 Å². The van der Waals surface area contributed by atoms with Crippen molar-refractivity contribution in [1.82, 2.24) is 15.0 Å². The predicted molar refractivity (Wildman–Crippen MR) is 159 cm³/mol. The fourth-order valence-corrected chi connectivity index (χ4v) is 5.00. The summed E-state index contributed by atoms with van der Waals surface area (Å²) in [5, 5.41) is 7.34. The Morgan fingerprint density at radius 3 is 2.54 bits per heavy atom. The lowest BCUT2D eigenvalue weighted by Crippen LogP contribution is -2.15. The second-order valence-electron chi connectivity index (χ2n) is 9.47. The van der Waals surface area contributed by atoms with E-state index in [0.717, 1.165) is 39.1 Å². The Kier molecular flexibility index (Phi) is 6.70. The van der Waals surface area contributed by atoms with Gasteiger partial charge in [0.25, 0.3) is 0 Å². The van der Waals surface area contributed by atoms with Crippen molar-refractivity contribution < 1.29 is 13.2 Å². The highest BCUT2D eigenvalue weighted by molar-refractivity contribution is 9.10. The molecule has 41 heavy (non-hydrogen) atoms. The van der Waals surface area contributed by atoms with E-state index in [1.807, 2.05) is 48.5 Å². The molecular formula is C29H22BrF3N8. The van der Waals surface area contributed by atoms with Gasteiger partial charge in [0.2, 0.25) is 5.95 Å². The molecule has 3 heterocycles. The molecule has 1 atom stereocenters. The molecule has 0 saturated heterocycles. The lowest BCUT2D eigenvalue weighted by atomic mass is 9.97. The summed E-state index contributed by atoms with van der Waals surface area (Å²) in [5.41, 5.74) is 16.0. The molecule has 3 aromatic carbocycles. The number of nitrogens with two attached hydrogens (primary N) is 2. The molecule has 12 heteroatoms. The van der Waals surface area contributed by atoms with Crippen molar-refractivity contribution in [2.45, 2.75) is 18.6 Å². The van der Waals surface area contributed by atoms with E-state index in [9.17, 15) is 13.2 Å². The van der Waals surface area contributed by atoms with Gasteiger partial charge in [0, 0.05) is 33.9 Å². The number of nitrogen functional groups attached to an aromatic ring is 2. The number of benzene rings is 3. The topological polar surface area (TPSA) is 127 Å². The lowest BCUT2D eigenvalue weighted by Gasteiger charge is -2.20. The van der Waals surface area contributed by atoms with Crippen LogP contribution in [0, 0.1) is 0 Å². The van der Waals surface area contributed by atoms with Crippen LogP contribution < -0.4 is 22.1 Å². The number of halogens is 4. The predicted octanol–water partition coefficient (Wildman–Crippen LogP) is 7.39. The van der Waals surface area contributed by atoms with E-state index >= 15 is 0 Å². The summed E-state index contributed by atoms with van der Waals surface area (Å²) in [6, 6.07) is 20.5. The molecule has 0 fully saturated rings. The number of rotatable bonds is 4.